The Morgan fingerprint density at radius 3 is 2.67 bits per heavy atom. The van der Waals surface area contributed by atoms with Crippen molar-refractivity contribution in [2.75, 3.05) is 0 Å². The molecule has 2 aromatic rings. The van der Waals surface area contributed by atoms with E-state index in [0.717, 1.165) is 28.8 Å². The van der Waals surface area contributed by atoms with Crippen LogP contribution in [-0.4, -0.2) is 7.85 Å². The Morgan fingerprint density at radius 2 is 1.89 bits per heavy atom. The summed E-state index contributed by atoms with van der Waals surface area (Å²) < 4.78 is 6.03. The minimum Gasteiger partial charge on any atom is -0.485 e. The topological polar surface area (TPSA) is 9.23 Å². The minimum atomic E-state index is 0.0508. The highest BCUT2D eigenvalue weighted by Gasteiger charge is 2.23. The quantitative estimate of drug-likeness (QED) is 0.686. The van der Waals surface area contributed by atoms with E-state index in [4.69, 9.17) is 12.6 Å². The molecular weight excluding hydrogens is 219 g/mol. The van der Waals surface area contributed by atoms with Crippen molar-refractivity contribution < 1.29 is 4.74 Å². The van der Waals surface area contributed by atoms with Gasteiger partial charge in [0.1, 0.15) is 19.7 Å². The molecule has 0 saturated heterocycles. The highest BCUT2D eigenvalue weighted by Crippen LogP contribution is 2.39. The van der Waals surface area contributed by atoms with Gasteiger partial charge in [0, 0.05) is 12.0 Å². The number of rotatable bonds is 1. The monoisotopic (exact) mass is 232 g/mol. The third kappa shape index (κ3) is 1.95. The molecule has 18 heavy (non-hydrogen) atoms. The van der Waals surface area contributed by atoms with Crippen LogP contribution < -0.4 is 10.2 Å². The number of hydrogen-bond acceptors (Lipinski definition) is 1. The second-order valence-electron chi connectivity index (χ2n) is 4.58. The summed E-state index contributed by atoms with van der Waals surface area (Å²) in [6, 6.07) is 15.9. The molecule has 1 nitrogen and oxygen atoms in total. The molecule has 2 aromatic carbocycles. The van der Waals surface area contributed by atoms with Gasteiger partial charge in [-0.15, -0.1) is 0 Å². The average Bonchev–Trinajstić information content (AvgIpc) is 2.40. The zero-order valence-electron chi connectivity index (χ0n) is 10.1. The molecule has 0 amide bonds. The molecule has 1 heterocycles. The third-order valence-corrected chi connectivity index (χ3v) is 3.26. The second-order valence-corrected chi connectivity index (χ2v) is 4.58. The van der Waals surface area contributed by atoms with Crippen molar-refractivity contribution in [3.05, 3.63) is 66.2 Å². The summed E-state index contributed by atoms with van der Waals surface area (Å²) in [7, 11) is 5.79. The number of ether oxygens (including phenoxy) is 1. The normalized spacial score (nSPS) is 18.0. The van der Waals surface area contributed by atoms with E-state index in [1.165, 1.54) is 5.56 Å². The Bertz CT molecular complexity index is 589. The summed E-state index contributed by atoms with van der Waals surface area (Å²) in [5, 5.41) is 0. The summed E-state index contributed by atoms with van der Waals surface area (Å²) in [6.07, 6.45) is 0.857. The molecule has 0 bridgehead atoms. The van der Waals surface area contributed by atoms with Crippen LogP contribution in [0.1, 0.15) is 23.7 Å². The third-order valence-electron chi connectivity index (χ3n) is 3.26. The lowest BCUT2D eigenvalue weighted by molar-refractivity contribution is 0.202. The molecule has 2 radical (unpaired) electrons. The SMILES string of the molecule is [B]c1ccc2c(c1)C(=C)CC(c1ccccc1)O2. The smallest absolute Gasteiger partial charge is 0.128 e. The maximum Gasteiger partial charge on any atom is 0.128 e. The van der Waals surface area contributed by atoms with Gasteiger partial charge in [0.25, 0.3) is 0 Å². The Kier molecular flexibility index (Phi) is 2.71. The zero-order chi connectivity index (χ0) is 12.5. The standard InChI is InChI=1S/C16H13BO/c1-11-9-16(12-5-3-2-4-6-12)18-15-8-7-13(17)10-14(11)15/h2-8,10,16H,1,9H2. The molecule has 1 unspecified atom stereocenters. The minimum absolute atomic E-state index is 0.0508. The van der Waals surface area contributed by atoms with E-state index >= 15 is 0 Å². The van der Waals surface area contributed by atoms with Crippen LogP contribution in [0.3, 0.4) is 0 Å². The van der Waals surface area contributed by atoms with Crippen molar-refractivity contribution >= 4 is 18.9 Å². The predicted octanol–water partition coefficient (Wildman–Crippen LogP) is 3.02. The van der Waals surface area contributed by atoms with Crippen molar-refractivity contribution in [1.29, 1.82) is 0 Å². The molecule has 0 saturated carbocycles. The summed E-state index contributed by atoms with van der Waals surface area (Å²) in [5.74, 6) is 0.870. The highest BCUT2D eigenvalue weighted by atomic mass is 16.5. The van der Waals surface area contributed by atoms with E-state index in [1.807, 2.05) is 36.4 Å². The van der Waals surface area contributed by atoms with Gasteiger partial charge >= 0.3 is 0 Å². The first-order chi connectivity index (χ1) is 8.74. The van der Waals surface area contributed by atoms with Crippen molar-refractivity contribution in [2.24, 2.45) is 0 Å². The van der Waals surface area contributed by atoms with Gasteiger partial charge in [0.15, 0.2) is 0 Å². The molecule has 1 aliphatic rings. The zero-order valence-corrected chi connectivity index (χ0v) is 10.1. The Labute approximate surface area is 109 Å². The van der Waals surface area contributed by atoms with Crippen LogP contribution in [0.2, 0.25) is 0 Å². The summed E-state index contributed by atoms with van der Waals surface area (Å²) in [4.78, 5) is 0. The molecule has 1 aliphatic heterocycles. The molecule has 0 N–H and O–H groups in total. The van der Waals surface area contributed by atoms with Crippen molar-refractivity contribution in [1.82, 2.24) is 0 Å². The van der Waals surface area contributed by atoms with Gasteiger partial charge in [-0.1, -0.05) is 54.5 Å². The van der Waals surface area contributed by atoms with Gasteiger partial charge in [-0.2, -0.15) is 0 Å². The molecule has 1 atom stereocenters. The number of hydrogen-bond donors (Lipinski definition) is 0. The van der Waals surface area contributed by atoms with Crippen LogP contribution in [0.25, 0.3) is 5.57 Å². The Balaban J connectivity index is 1.97. The average molecular weight is 232 g/mol. The van der Waals surface area contributed by atoms with Crippen LogP contribution in [0, 0.1) is 0 Å². The lowest BCUT2D eigenvalue weighted by Crippen LogP contribution is -2.16. The van der Waals surface area contributed by atoms with Gasteiger partial charge in [-0.05, 0) is 17.2 Å². The molecule has 86 valence electrons. The summed E-state index contributed by atoms with van der Waals surface area (Å²) in [5.41, 5.74) is 4.04. The van der Waals surface area contributed by atoms with Crippen molar-refractivity contribution in [3.8, 4) is 5.75 Å². The van der Waals surface area contributed by atoms with Gasteiger partial charge in [-0.25, -0.2) is 0 Å². The summed E-state index contributed by atoms with van der Waals surface area (Å²) in [6.45, 7) is 4.14. The fourth-order valence-corrected chi connectivity index (χ4v) is 2.31. The molecule has 3 rings (SSSR count). The Morgan fingerprint density at radius 1 is 1.11 bits per heavy atom. The molecule has 0 aliphatic carbocycles. The van der Waals surface area contributed by atoms with E-state index < -0.39 is 0 Å². The first-order valence-electron chi connectivity index (χ1n) is 6.03. The molecule has 0 fully saturated rings. The van der Waals surface area contributed by atoms with Crippen LogP contribution in [-0.2, 0) is 0 Å². The molecular formula is C16H13BO. The van der Waals surface area contributed by atoms with Crippen LogP contribution in [0.4, 0.5) is 0 Å². The number of benzene rings is 2. The van der Waals surface area contributed by atoms with E-state index in [0.29, 0.717) is 0 Å². The van der Waals surface area contributed by atoms with Gasteiger partial charge in [0.05, 0.1) is 0 Å². The van der Waals surface area contributed by atoms with E-state index in [-0.39, 0.29) is 6.10 Å². The second kappa shape index (κ2) is 4.38. The highest BCUT2D eigenvalue weighted by molar-refractivity contribution is 6.32. The van der Waals surface area contributed by atoms with Gasteiger partial charge in [-0.3, -0.25) is 0 Å². The maximum absolute atomic E-state index is 6.03. The number of fused-ring (bicyclic) bond motifs is 1. The predicted molar refractivity (Wildman–Crippen MR) is 75.3 cm³/mol. The van der Waals surface area contributed by atoms with Gasteiger partial charge < -0.3 is 4.74 Å². The first kappa shape index (κ1) is 11.2. The van der Waals surface area contributed by atoms with Crippen molar-refractivity contribution in [2.45, 2.75) is 12.5 Å². The van der Waals surface area contributed by atoms with Crippen LogP contribution >= 0.6 is 0 Å². The van der Waals surface area contributed by atoms with E-state index in [9.17, 15) is 0 Å². The van der Waals surface area contributed by atoms with Crippen LogP contribution in [0.15, 0.2) is 55.1 Å². The largest absolute Gasteiger partial charge is 0.485 e. The van der Waals surface area contributed by atoms with E-state index in [2.05, 4.69) is 18.7 Å². The lowest BCUT2D eigenvalue weighted by atomic mass is 9.88. The fraction of sp³-hybridized carbons (Fsp3) is 0.125. The summed E-state index contributed by atoms with van der Waals surface area (Å²) >= 11 is 0. The van der Waals surface area contributed by atoms with Crippen LogP contribution in [0.5, 0.6) is 5.75 Å². The van der Waals surface area contributed by atoms with Gasteiger partial charge in [0.2, 0.25) is 0 Å². The fourth-order valence-electron chi connectivity index (χ4n) is 2.31. The molecule has 0 spiro atoms. The maximum atomic E-state index is 6.03. The Hall–Kier alpha value is -1.96. The molecule has 2 heteroatoms. The van der Waals surface area contributed by atoms with E-state index in [1.54, 1.807) is 0 Å². The molecule has 0 aromatic heterocycles. The first-order valence-corrected chi connectivity index (χ1v) is 6.03. The van der Waals surface area contributed by atoms with Crippen molar-refractivity contribution in [3.63, 3.8) is 0 Å². The lowest BCUT2D eigenvalue weighted by Gasteiger charge is -2.28.